The number of amidine groups is 1. The van der Waals surface area contributed by atoms with E-state index in [0.717, 1.165) is 21.7 Å². The molecule has 3 N–H and O–H groups in total. The molecule has 3 aliphatic heterocycles. The van der Waals surface area contributed by atoms with Gasteiger partial charge < -0.3 is 20.6 Å². The predicted octanol–water partition coefficient (Wildman–Crippen LogP) is 3.27. The number of aliphatic hydroxyl groups excluding tert-OH is 1. The van der Waals surface area contributed by atoms with Crippen molar-refractivity contribution in [2.45, 2.75) is 37.1 Å². The lowest BCUT2D eigenvalue weighted by Crippen LogP contribution is -2.67. The molecule has 3 atom stereocenters. The van der Waals surface area contributed by atoms with Gasteiger partial charge in [-0.25, -0.2) is 5.01 Å². The SMILES string of the molecule is C=C(CC)[C@@H]1N2CC(=O)N(CC(=O)NCCO)N=C2C[C@H](c2cccc(Cl)c2)[C@@]12C(=O)Nc1cc(Cl)ccc12. The Bertz CT molecular complexity index is 1400. The zero-order valence-corrected chi connectivity index (χ0v) is 22.9. The Labute approximate surface area is 236 Å². The van der Waals surface area contributed by atoms with Gasteiger partial charge in [-0.3, -0.25) is 14.4 Å². The highest BCUT2D eigenvalue weighted by atomic mass is 35.5. The second-order valence-corrected chi connectivity index (χ2v) is 10.8. The highest BCUT2D eigenvalue weighted by molar-refractivity contribution is 6.31. The second kappa shape index (κ2) is 10.6. The maximum atomic E-state index is 14.2. The first-order valence-corrected chi connectivity index (χ1v) is 13.5. The van der Waals surface area contributed by atoms with Gasteiger partial charge in [0.1, 0.15) is 24.3 Å². The summed E-state index contributed by atoms with van der Waals surface area (Å²) in [5, 5.41) is 21.4. The lowest BCUT2D eigenvalue weighted by Gasteiger charge is -2.54. The fraction of sp³-hybridized carbons (Fsp3) is 0.357. The fourth-order valence-corrected chi connectivity index (χ4v) is 6.42. The Morgan fingerprint density at radius 2 is 2.00 bits per heavy atom. The summed E-state index contributed by atoms with van der Waals surface area (Å²) in [5.74, 6) is -0.848. The molecule has 9 nitrogen and oxygen atoms in total. The summed E-state index contributed by atoms with van der Waals surface area (Å²) in [6.45, 7) is 5.86. The number of anilines is 1. The number of carbonyl (C=O) groups excluding carboxylic acids is 3. The van der Waals surface area contributed by atoms with Crippen molar-refractivity contribution in [3.8, 4) is 0 Å². The molecule has 2 aromatic rings. The van der Waals surface area contributed by atoms with Crippen molar-refractivity contribution in [1.82, 2.24) is 15.2 Å². The van der Waals surface area contributed by atoms with Gasteiger partial charge >= 0.3 is 0 Å². The van der Waals surface area contributed by atoms with E-state index in [1.807, 2.05) is 36.1 Å². The number of nitrogens with one attached hydrogen (secondary N) is 2. The molecule has 3 amide bonds. The van der Waals surface area contributed by atoms with E-state index >= 15 is 0 Å². The molecule has 204 valence electrons. The van der Waals surface area contributed by atoms with Crippen molar-refractivity contribution in [3.05, 3.63) is 75.8 Å². The minimum absolute atomic E-state index is 0.0734. The fourth-order valence-electron chi connectivity index (χ4n) is 6.05. The van der Waals surface area contributed by atoms with E-state index in [2.05, 4.69) is 22.3 Å². The van der Waals surface area contributed by atoms with Crippen LogP contribution in [0.3, 0.4) is 0 Å². The van der Waals surface area contributed by atoms with Crippen LogP contribution in [0.5, 0.6) is 0 Å². The van der Waals surface area contributed by atoms with Crippen LogP contribution in [0.25, 0.3) is 0 Å². The zero-order valence-electron chi connectivity index (χ0n) is 21.4. The maximum absolute atomic E-state index is 14.2. The van der Waals surface area contributed by atoms with Crippen LogP contribution < -0.4 is 10.6 Å². The second-order valence-electron chi connectivity index (χ2n) is 9.91. The molecule has 39 heavy (non-hydrogen) atoms. The Morgan fingerprint density at radius 3 is 2.72 bits per heavy atom. The van der Waals surface area contributed by atoms with Crippen LogP contribution in [0.1, 0.15) is 36.8 Å². The molecule has 0 bridgehead atoms. The molecule has 0 saturated carbocycles. The van der Waals surface area contributed by atoms with Crippen LogP contribution in [-0.4, -0.2) is 70.9 Å². The van der Waals surface area contributed by atoms with Gasteiger partial charge in [-0.1, -0.05) is 60.5 Å². The van der Waals surface area contributed by atoms with Crippen LogP contribution in [0.4, 0.5) is 5.69 Å². The largest absolute Gasteiger partial charge is 0.395 e. The summed E-state index contributed by atoms with van der Waals surface area (Å²) in [5.41, 5.74) is 1.88. The van der Waals surface area contributed by atoms with Gasteiger partial charge in [-0.15, -0.1) is 0 Å². The summed E-state index contributed by atoms with van der Waals surface area (Å²) < 4.78 is 0. The van der Waals surface area contributed by atoms with E-state index in [-0.39, 0.29) is 38.1 Å². The number of amides is 3. The van der Waals surface area contributed by atoms with E-state index in [9.17, 15) is 14.4 Å². The normalized spacial score (nSPS) is 23.7. The number of hydrazone groups is 1. The molecule has 1 spiro atoms. The summed E-state index contributed by atoms with van der Waals surface area (Å²) in [4.78, 5) is 41.7. The first-order chi connectivity index (χ1) is 18.7. The monoisotopic (exact) mass is 569 g/mol. The summed E-state index contributed by atoms with van der Waals surface area (Å²) in [6.07, 6.45) is 0.876. The van der Waals surface area contributed by atoms with Gasteiger partial charge in [0.2, 0.25) is 11.8 Å². The van der Waals surface area contributed by atoms with Crippen LogP contribution in [0, 0.1) is 0 Å². The predicted molar refractivity (Wildman–Crippen MR) is 150 cm³/mol. The molecule has 1 fully saturated rings. The summed E-state index contributed by atoms with van der Waals surface area (Å²) in [6, 6.07) is 12.2. The van der Waals surface area contributed by atoms with Crippen molar-refractivity contribution in [2.75, 3.05) is 31.6 Å². The molecule has 1 saturated heterocycles. The van der Waals surface area contributed by atoms with Gasteiger partial charge in [0, 0.05) is 34.6 Å². The van der Waals surface area contributed by atoms with Crippen molar-refractivity contribution >= 4 is 52.4 Å². The Morgan fingerprint density at radius 1 is 1.23 bits per heavy atom. The molecule has 0 unspecified atom stereocenters. The van der Waals surface area contributed by atoms with Crippen LogP contribution in [0.15, 0.2) is 59.7 Å². The van der Waals surface area contributed by atoms with Crippen molar-refractivity contribution < 1.29 is 19.5 Å². The molecule has 0 radical (unpaired) electrons. The lowest BCUT2D eigenvalue weighted by molar-refractivity contribution is -0.139. The topological polar surface area (TPSA) is 114 Å². The standard InChI is InChI=1S/C28H29Cl2N5O4/c1-3-16(2)26-28(20-8-7-19(30)12-22(20)32-27(28)39)21(17-5-4-6-18(29)11-17)13-23-33-35(25(38)15-34(23)26)14-24(37)31-9-10-36/h4-8,11-12,21,26,36H,2-3,9-10,13-15H2,1H3,(H,31,37)(H,32,39)/t21-,26+,28-/m1/s1. The van der Waals surface area contributed by atoms with E-state index in [4.69, 9.17) is 28.3 Å². The number of halogens is 2. The van der Waals surface area contributed by atoms with E-state index in [0.29, 0.717) is 34.4 Å². The maximum Gasteiger partial charge on any atom is 0.262 e. The minimum atomic E-state index is -1.14. The number of benzene rings is 2. The third-order valence-electron chi connectivity index (χ3n) is 7.71. The molecule has 5 rings (SSSR count). The van der Waals surface area contributed by atoms with Crippen LogP contribution in [0.2, 0.25) is 10.0 Å². The van der Waals surface area contributed by atoms with Crippen molar-refractivity contribution in [1.29, 1.82) is 0 Å². The molecule has 0 aromatic heterocycles. The van der Waals surface area contributed by atoms with E-state index < -0.39 is 23.3 Å². The average molecular weight is 570 g/mol. The van der Waals surface area contributed by atoms with Crippen LogP contribution in [-0.2, 0) is 19.8 Å². The van der Waals surface area contributed by atoms with Crippen molar-refractivity contribution in [2.24, 2.45) is 5.10 Å². The van der Waals surface area contributed by atoms with Gasteiger partial charge in [0.05, 0.1) is 12.6 Å². The van der Waals surface area contributed by atoms with Crippen molar-refractivity contribution in [3.63, 3.8) is 0 Å². The number of rotatable bonds is 7. The molecular weight excluding hydrogens is 541 g/mol. The summed E-state index contributed by atoms with van der Waals surface area (Å²) in [7, 11) is 0. The number of piperidine rings is 1. The third kappa shape index (κ3) is 4.58. The van der Waals surface area contributed by atoms with Gasteiger partial charge in [0.15, 0.2) is 0 Å². The third-order valence-corrected chi connectivity index (χ3v) is 8.18. The van der Waals surface area contributed by atoms with E-state index in [1.54, 1.807) is 18.2 Å². The zero-order chi connectivity index (χ0) is 27.9. The number of hydrogen-bond acceptors (Lipinski definition) is 6. The Hall–Kier alpha value is -3.40. The van der Waals surface area contributed by atoms with Gasteiger partial charge in [-0.05, 0) is 41.8 Å². The smallest absolute Gasteiger partial charge is 0.262 e. The minimum Gasteiger partial charge on any atom is -0.395 e. The number of hydrogen-bond donors (Lipinski definition) is 3. The molecular formula is C28H29Cl2N5O4. The first kappa shape index (κ1) is 27.2. The lowest BCUT2D eigenvalue weighted by atomic mass is 9.58. The number of nitrogens with zero attached hydrogens (tertiary/aromatic N) is 3. The number of aliphatic hydroxyl groups is 1. The first-order valence-electron chi connectivity index (χ1n) is 12.8. The highest BCUT2D eigenvalue weighted by Gasteiger charge is 2.63. The molecule has 0 aliphatic carbocycles. The molecule has 3 aliphatic rings. The van der Waals surface area contributed by atoms with E-state index in [1.165, 1.54) is 0 Å². The quantitative estimate of drug-likeness (QED) is 0.443. The molecule has 3 heterocycles. The Kier molecular flexibility index (Phi) is 7.41. The van der Waals surface area contributed by atoms with Gasteiger partial charge in [-0.2, -0.15) is 5.10 Å². The highest BCUT2D eigenvalue weighted by Crippen LogP contribution is 2.57. The molecule has 11 heteroatoms. The number of carbonyl (C=O) groups is 3. The molecule has 2 aromatic carbocycles. The van der Waals surface area contributed by atoms with Crippen LogP contribution >= 0.6 is 23.2 Å². The summed E-state index contributed by atoms with van der Waals surface area (Å²) >= 11 is 12.7. The Balaban J connectivity index is 1.69. The number of fused-ring (bicyclic) bond motifs is 3. The van der Waals surface area contributed by atoms with Gasteiger partial charge in [0.25, 0.3) is 5.91 Å². The average Bonchev–Trinajstić information content (AvgIpc) is 3.18.